The minimum atomic E-state index is -3.80. The van der Waals surface area contributed by atoms with Gasteiger partial charge in [0.25, 0.3) is 15.9 Å². The maximum absolute atomic E-state index is 12.6. The van der Waals surface area contributed by atoms with Crippen molar-refractivity contribution >= 4 is 27.3 Å². The predicted octanol–water partition coefficient (Wildman–Crippen LogP) is 3.44. The van der Waals surface area contributed by atoms with Gasteiger partial charge in [-0.25, -0.2) is 8.42 Å². The van der Waals surface area contributed by atoms with E-state index in [0.717, 1.165) is 5.56 Å². The topological polar surface area (TPSA) is 88.2 Å². The molecule has 0 aliphatic rings. The zero-order valence-corrected chi connectivity index (χ0v) is 14.8. The van der Waals surface area contributed by atoms with Crippen LogP contribution >= 0.6 is 0 Å². The van der Waals surface area contributed by atoms with Gasteiger partial charge in [-0.15, -0.1) is 0 Å². The third-order valence-corrected chi connectivity index (χ3v) is 5.05. The third kappa shape index (κ3) is 4.07. The van der Waals surface area contributed by atoms with Crippen LogP contribution in [0, 0.1) is 6.92 Å². The van der Waals surface area contributed by atoms with E-state index in [1.807, 2.05) is 6.92 Å². The molecule has 0 fully saturated rings. The number of nitrogens with zero attached hydrogens (tertiary/aromatic N) is 1. The molecular formula is C19H17N3O3S. The third-order valence-electron chi connectivity index (χ3n) is 3.67. The molecule has 0 atom stereocenters. The highest BCUT2D eigenvalue weighted by atomic mass is 32.2. The summed E-state index contributed by atoms with van der Waals surface area (Å²) in [6, 6.07) is 16.3. The number of carbonyl (C=O) groups excluding carboxylic acids is 1. The van der Waals surface area contributed by atoms with Gasteiger partial charge in [-0.05, 0) is 43.3 Å². The molecule has 1 heterocycles. The van der Waals surface area contributed by atoms with E-state index in [1.54, 1.807) is 54.7 Å². The van der Waals surface area contributed by atoms with Gasteiger partial charge in [0, 0.05) is 6.20 Å². The molecule has 0 saturated heterocycles. The summed E-state index contributed by atoms with van der Waals surface area (Å²) in [5, 5.41) is 2.70. The maximum Gasteiger partial charge on any atom is 0.261 e. The van der Waals surface area contributed by atoms with Gasteiger partial charge < -0.3 is 5.32 Å². The fourth-order valence-electron chi connectivity index (χ4n) is 2.33. The number of sulfonamides is 1. The van der Waals surface area contributed by atoms with Crippen molar-refractivity contribution in [3.63, 3.8) is 0 Å². The van der Waals surface area contributed by atoms with Crippen molar-refractivity contribution in [3.8, 4) is 0 Å². The summed E-state index contributed by atoms with van der Waals surface area (Å²) < 4.78 is 27.7. The van der Waals surface area contributed by atoms with Crippen LogP contribution in [0.3, 0.4) is 0 Å². The monoisotopic (exact) mass is 367 g/mol. The number of para-hydroxylation sites is 1. The molecule has 6 nitrogen and oxygen atoms in total. The fraction of sp³-hybridized carbons (Fsp3) is 0.0526. The summed E-state index contributed by atoms with van der Waals surface area (Å²) in [5.41, 5.74) is 1.90. The summed E-state index contributed by atoms with van der Waals surface area (Å²) in [7, 11) is -3.80. The molecule has 0 unspecified atom stereocenters. The Morgan fingerprint density at radius 3 is 2.38 bits per heavy atom. The standard InChI is InChI=1S/C19H17N3O3S/c1-14-8-10-16(11-9-14)26(24,25)22-18-7-3-2-6-17(18)19(23)21-15-5-4-12-20-13-15/h2-13,22H,1H3,(H,21,23). The lowest BCUT2D eigenvalue weighted by atomic mass is 10.1. The Balaban J connectivity index is 1.87. The Labute approximate surface area is 152 Å². The summed E-state index contributed by atoms with van der Waals surface area (Å²) >= 11 is 0. The molecule has 2 aromatic carbocycles. The van der Waals surface area contributed by atoms with Gasteiger partial charge in [0.2, 0.25) is 0 Å². The van der Waals surface area contributed by atoms with Gasteiger partial charge in [0.05, 0.1) is 28.0 Å². The molecule has 0 radical (unpaired) electrons. The molecule has 0 spiro atoms. The maximum atomic E-state index is 12.6. The van der Waals surface area contributed by atoms with Crippen LogP contribution in [0.15, 0.2) is 78.0 Å². The first kappa shape index (κ1) is 17.6. The van der Waals surface area contributed by atoms with Crippen molar-refractivity contribution in [2.45, 2.75) is 11.8 Å². The predicted molar refractivity (Wildman–Crippen MR) is 101 cm³/mol. The van der Waals surface area contributed by atoms with Crippen LogP contribution in [0.1, 0.15) is 15.9 Å². The Bertz CT molecular complexity index is 1020. The molecule has 132 valence electrons. The molecule has 3 rings (SSSR count). The summed E-state index contributed by atoms with van der Waals surface area (Å²) in [6.07, 6.45) is 3.11. The first-order valence-electron chi connectivity index (χ1n) is 7.85. The van der Waals surface area contributed by atoms with Crippen LogP contribution in [0.5, 0.6) is 0 Å². The molecular weight excluding hydrogens is 350 g/mol. The summed E-state index contributed by atoms with van der Waals surface area (Å²) in [4.78, 5) is 16.6. The molecule has 3 aromatic rings. The van der Waals surface area contributed by atoms with E-state index in [-0.39, 0.29) is 16.1 Å². The molecule has 1 amide bonds. The number of anilines is 2. The molecule has 1 aromatic heterocycles. The Kier molecular flexibility index (Phi) is 4.99. The van der Waals surface area contributed by atoms with Crippen LogP contribution < -0.4 is 10.0 Å². The van der Waals surface area contributed by atoms with Gasteiger partial charge in [-0.1, -0.05) is 29.8 Å². The van der Waals surface area contributed by atoms with Crippen molar-refractivity contribution < 1.29 is 13.2 Å². The normalized spacial score (nSPS) is 11.0. The van der Waals surface area contributed by atoms with Crippen molar-refractivity contribution in [2.24, 2.45) is 0 Å². The Morgan fingerprint density at radius 2 is 1.69 bits per heavy atom. The number of pyridine rings is 1. The van der Waals surface area contributed by atoms with Crippen LogP contribution in [0.2, 0.25) is 0 Å². The van der Waals surface area contributed by atoms with Crippen LogP contribution in [-0.2, 0) is 10.0 Å². The number of rotatable bonds is 5. The largest absolute Gasteiger partial charge is 0.321 e. The smallest absolute Gasteiger partial charge is 0.261 e. The first-order chi connectivity index (χ1) is 12.5. The SMILES string of the molecule is Cc1ccc(S(=O)(=O)Nc2ccccc2C(=O)Nc2cccnc2)cc1. The molecule has 7 heteroatoms. The number of benzene rings is 2. The van der Waals surface area contributed by atoms with Gasteiger partial charge in [0.15, 0.2) is 0 Å². The van der Waals surface area contributed by atoms with Crippen molar-refractivity contribution in [3.05, 3.63) is 84.2 Å². The highest BCUT2D eigenvalue weighted by Crippen LogP contribution is 2.21. The molecule has 0 bridgehead atoms. The number of carbonyl (C=O) groups is 1. The van der Waals surface area contributed by atoms with E-state index >= 15 is 0 Å². The molecule has 0 aliphatic heterocycles. The van der Waals surface area contributed by atoms with Crippen molar-refractivity contribution in [1.29, 1.82) is 0 Å². The second-order valence-corrected chi connectivity index (χ2v) is 7.34. The van der Waals surface area contributed by atoms with E-state index in [1.165, 1.54) is 18.3 Å². The average molecular weight is 367 g/mol. The zero-order chi connectivity index (χ0) is 18.6. The van der Waals surface area contributed by atoms with Gasteiger partial charge in [-0.3, -0.25) is 14.5 Å². The lowest BCUT2D eigenvalue weighted by Crippen LogP contribution is -2.18. The number of hydrogen-bond donors (Lipinski definition) is 2. The van der Waals surface area contributed by atoms with Gasteiger partial charge in [0.1, 0.15) is 0 Å². The molecule has 26 heavy (non-hydrogen) atoms. The molecule has 0 aliphatic carbocycles. The van der Waals surface area contributed by atoms with Crippen LogP contribution in [0.4, 0.5) is 11.4 Å². The van der Waals surface area contributed by atoms with Crippen LogP contribution in [0.25, 0.3) is 0 Å². The number of amides is 1. The lowest BCUT2D eigenvalue weighted by Gasteiger charge is -2.13. The van der Waals surface area contributed by atoms with E-state index in [2.05, 4.69) is 15.0 Å². The Hall–Kier alpha value is -3.19. The summed E-state index contributed by atoms with van der Waals surface area (Å²) in [6.45, 7) is 1.88. The number of aryl methyl sites for hydroxylation is 1. The lowest BCUT2D eigenvalue weighted by molar-refractivity contribution is 0.102. The van der Waals surface area contributed by atoms with Crippen molar-refractivity contribution in [1.82, 2.24) is 4.98 Å². The van der Waals surface area contributed by atoms with Gasteiger partial charge >= 0.3 is 0 Å². The van der Waals surface area contributed by atoms with E-state index in [0.29, 0.717) is 5.69 Å². The van der Waals surface area contributed by atoms with Crippen LogP contribution in [-0.4, -0.2) is 19.3 Å². The summed E-state index contributed by atoms with van der Waals surface area (Å²) in [5.74, 6) is -0.430. The minimum Gasteiger partial charge on any atom is -0.321 e. The van der Waals surface area contributed by atoms with E-state index in [4.69, 9.17) is 0 Å². The fourth-order valence-corrected chi connectivity index (χ4v) is 3.41. The minimum absolute atomic E-state index is 0.130. The zero-order valence-electron chi connectivity index (χ0n) is 14.0. The highest BCUT2D eigenvalue weighted by molar-refractivity contribution is 7.92. The number of nitrogens with one attached hydrogen (secondary N) is 2. The molecule has 0 saturated carbocycles. The van der Waals surface area contributed by atoms with E-state index in [9.17, 15) is 13.2 Å². The first-order valence-corrected chi connectivity index (χ1v) is 9.34. The number of hydrogen-bond acceptors (Lipinski definition) is 4. The second-order valence-electron chi connectivity index (χ2n) is 5.66. The average Bonchev–Trinajstić information content (AvgIpc) is 2.63. The second kappa shape index (κ2) is 7.37. The Morgan fingerprint density at radius 1 is 0.962 bits per heavy atom. The number of aromatic nitrogens is 1. The molecule has 2 N–H and O–H groups in total. The van der Waals surface area contributed by atoms with E-state index < -0.39 is 15.9 Å². The van der Waals surface area contributed by atoms with Gasteiger partial charge in [-0.2, -0.15) is 0 Å². The van der Waals surface area contributed by atoms with Crippen molar-refractivity contribution in [2.75, 3.05) is 10.0 Å². The highest BCUT2D eigenvalue weighted by Gasteiger charge is 2.18. The quantitative estimate of drug-likeness (QED) is 0.723.